The molecule has 142 valence electrons. The van der Waals surface area contributed by atoms with Gasteiger partial charge in [0.2, 0.25) is 0 Å². The molecule has 2 aromatic heterocycles. The number of methoxy groups -OCH3 is 1. The molecule has 0 radical (unpaired) electrons. The van der Waals surface area contributed by atoms with Gasteiger partial charge in [-0.1, -0.05) is 19.9 Å². The van der Waals surface area contributed by atoms with E-state index in [1.54, 1.807) is 7.11 Å². The van der Waals surface area contributed by atoms with Crippen LogP contribution in [0.2, 0.25) is 0 Å². The van der Waals surface area contributed by atoms with E-state index in [2.05, 4.69) is 19.9 Å². The highest BCUT2D eigenvalue weighted by molar-refractivity contribution is 5.99. The maximum atomic E-state index is 12.4. The molecule has 27 heavy (non-hydrogen) atoms. The lowest BCUT2D eigenvalue weighted by atomic mass is 9.94. The average Bonchev–Trinajstić information content (AvgIpc) is 3.02. The van der Waals surface area contributed by atoms with Crippen molar-refractivity contribution in [1.82, 2.24) is 9.38 Å². The largest absolute Gasteiger partial charge is 0.497 e. The van der Waals surface area contributed by atoms with Crippen molar-refractivity contribution in [3.05, 3.63) is 52.8 Å². The summed E-state index contributed by atoms with van der Waals surface area (Å²) >= 11 is 0. The number of rotatable bonds is 6. The zero-order chi connectivity index (χ0) is 19.7. The molecule has 2 N–H and O–H groups in total. The van der Waals surface area contributed by atoms with Crippen molar-refractivity contribution in [3.8, 4) is 17.0 Å². The van der Waals surface area contributed by atoms with Gasteiger partial charge in [-0.15, -0.1) is 0 Å². The Hall–Kier alpha value is -2.82. The number of hydrogen-bond acceptors (Lipinski definition) is 3. The van der Waals surface area contributed by atoms with E-state index in [-0.39, 0.29) is 0 Å². The van der Waals surface area contributed by atoms with E-state index < -0.39 is 5.91 Å². The SMILES string of the molecule is CCC(CC)c1cc(C)c2nc(-c3ccc(OC)cc3C)c(C(N)=O)n2c1. The molecule has 1 aromatic carbocycles. The lowest BCUT2D eigenvalue weighted by Gasteiger charge is -2.14. The van der Waals surface area contributed by atoms with Gasteiger partial charge in [0, 0.05) is 11.8 Å². The molecule has 0 spiro atoms. The fourth-order valence-electron chi connectivity index (χ4n) is 3.77. The molecule has 0 saturated heterocycles. The molecular weight excluding hydrogens is 338 g/mol. The van der Waals surface area contributed by atoms with Crippen LogP contribution in [-0.2, 0) is 0 Å². The van der Waals surface area contributed by atoms with E-state index in [4.69, 9.17) is 15.5 Å². The van der Waals surface area contributed by atoms with Gasteiger partial charge in [0.25, 0.3) is 5.91 Å². The van der Waals surface area contributed by atoms with Crippen LogP contribution < -0.4 is 10.5 Å². The van der Waals surface area contributed by atoms with Crippen LogP contribution in [0.3, 0.4) is 0 Å². The summed E-state index contributed by atoms with van der Waals surface area (Å²) in [6.45, 7) is 8.38. The van der Waals surface area contributed by atoms with Gasteiger partial charge < -0.3 is 10.5 Å². The van der Waals surface area contributed by atoms with Crippen molar-refractivity contribution in [1.29, 1.82) is 0 Å². The highest BCUT2D eigenvalue weighted by Gasteiger charge is 2.22. The molecule has 5 nitrogen and oxygen atoms in total. The molecule has 0 bridgehead atoms. The number of aromatic nitrogens is 2. The highest BCUT2D eigenvalue weighted by atomic mass is 16.5. The van der Waals surface area contributed by atoms with Crippen molar-refractivity contribution >= 4 is 11.6 Å². The molecular formula is C22H27N3O2. The van der Waals surface area contributed by atoms with Crippen LogP contribution in [0.5, 0.6) is 5.75 Å². The topological polar surface area (TPSA) is 69.6 Å². The number of benzene rings is 1. The first-order valence-corrected chi connectivity index (χ1v) is 9.38. The summed E-state index contributed by atoms with van der Waals surface area (Å²) in [7, 11) is 1.64. The molecule has 1 amide bonds. The van der Waals surface area contributed by atoms with E-state index in [1.165, 1.54) is 5.56 Å². The Morgan fingerprint density at radius 2 is 1.89 bits per heavy atom. The average molecular weight is 365 g/mol. The van der Waals surface area contributed by atoms with Crippen LogP contribution in [0.25, 0.3) is 16.9 Å². The van der Waals surface area contributed by atoms with Gasteiger partial charge in [-0.05, 0) is 67.5 Å². The normalized spacial score (nSPS) is 11.3. The molecule has 5 heteroatoms. The molecule has 0 atom stereocenters. The quantitative estimate of drug-likeness (QED) is 0.692. The number of imidazole rings is 1. The first-order chi connectivity index (χ1) is 12.9. The fourth-order valence-corrected chi connectivity index (χ4v) is 3.77. The smallest absolute Gasteiger partial charge is 0.268 e. The second kappa shape index (κ2) is 7.43. The second-order valence-electron chi connectivity index (χ2n) is 7.02. The van der Waals surface area contributed by atoms with Gasteiger partial charge in [-0.2, -0.15) is 0 Å². The third-order valence-corrected chi connectivity index (χ3v) is 5.30. The van der Waals surface area contributed by atoms with E-state index in [9.17, 15) is 4.79 Å². The molecule has 0 aliphatic heterocycles. The predicted octanol–water partition coefficient (Wildman–Crippen LogP) is 4.63. The summed E-state index contributed by atoms with van der Waals surface area (Å²) in [4.78, 5) is 17.2. The Bertz CT molecular complexity index is 1000. The van der Waals surface area contributed by atoms with Crippen LogP contribution in [0.15, 0.2) is 30.5 Å². The lowest BCUT2D eigenvalue weighted by molar-refractivity contribution is 0.0995. The summed E-state index contributed by atoms with van der Waals surface area (Å²) in [6, 6.07) is 7.92. The number of nitrogens with zero attached hydrogens (tertiary/aromatic N) is 2. The Balaban J connectivity index is 2.30. The van der Waals surface area contributed by atoms with Gasteiger partial charge in [0.15, 0.2) is 0 Å². The van der Waals surface area contributed by atoms with Gasteiger partial charge in [0.05, 0.1) is 7.11 Å². The molecule has 0 saturated carbocycles. The molecule has 3 aromatic rings. The van der Waals surface area contributed by atoms with Crippen LogP contribution >= 0.6 is 0 Å². The van der Waals surface area contributed by atoms with E-state index >= 15 is 0 Å². The minimum Gasteiger partial charge on any atom is -0.497 e. The molecule has 0 fully saturated rings. The number of carbonyl (C=O) groups is 1. The van der Waals surface area contributed by atoms with E-state index in [0.717, 1.165) is 40.9 Å². The summed E-state index contributed by atoms with van der Waals surface area (Å²) in [5, 5.41) is 0. The van der Waals surface area contributed by atoms with Crippen LogP contribution in [0.4, 0.5) is 0 Å². The maximum Gasteiger partial charge on any atom is 0.268 e. The summed E-state index contributed by atoms with van der Waals surface area (Å²) in [6.07, 6.45) is 4.12. The third-order valence-electron chi connectivity index (χ3n) is 5.30. The highest BCUT2D eigenvalue weighted by Crippen LogP contribution is 2.32. The lowest BCUT2D eigenvalue weighted by Crippen LogP contribution is -2.15. The van der Waals surface area contributed by atoms with Crippen LogP contribution in [0.1, 0.15) is 59.8 Å². The minimum absolute atomic E-state index is 0.425. The number of hydrogen-bond donors (Lipinski definition) is 1. The molecule has 2 heterocycles. The minimum atomic E-state index is -0.478. The van der Waals surface area contributed by atoms with Crippen LogP contribution in [0, 0.1) is 13.8 Å². The van der Waals surface area contributed by atoms with Gasteiger partial charge in [-0.3, -0.25) is 9.20 Å². The molecule has 0 aliphatic rings. The maximum absolute atomic E-state index is 12.4. The number of carbonyl (C=O) groups excluding carboxylic acids is 1. The Morgan fingerprint density at radius 1 is 1.19 bits per heavy atom. The zero-order valence-corrected chi connectivity index (χ0v) is 16.7. The predicted molar refractivity (Wildman–Crippen MR) is 108 cm³/mol. The first kappa shape index (κ1) is 19.0. The second-order valence-corrected chi connectivity index (χ2v) is 7.02. The Kier molecular flexibility index (Phi) is 5.22. The molecule has 0 unspecified atom stereocenters. The molecule has 0 aliphatic carbocycles. The summed E-state index contributed by atoms with van der Waals surface area (Å²) in [5.74, 6) is 0.740. The third kappa shape index (κ3) is 3.29. The number of fused-ring (bicyclic) bond motifs is 1. The van der Waals surface area contributed by atoms with E-state index in [0.29, 0.717) is 17.3 Å². The number of primary amides is 1. The monoisotopic (exact) mass is 365 g/mol. The summed E-state index contributed by atoms with van der Waals surface area (Å²) < 4.78 is 7.16. The Morgan fingerprint density at radius 3 is 2.44 bits per heavy atom. The first-order valence-electron chi connectivity index (χ1n) is 9.38. The van der Waals surface area contributed by atoms with Crippen molar-refractivity contribution in [2.45, 2.75) is 46.5 Å². The summed E-state index contributed by atoms with van der Waals surface area (Å²) in [5.41, 5.74) is 11.7. The van der Waals surface area contributed by atoms with Gasteiger partial charge in [0.1, 0.15) is 22.8 Å². The van der Waals surface area contributed by atoms with Crippen molar-refractivity contribution in [2.24, 2.45) is 5.73 Å². The number of aryl methyl sites for hydroxylation is 2. The number of amides is 1. The molecule has 3 rings (SSSR count). The number of ether oxygens (including phenoxy) is 1. The van der Waals surface area contributed by atoms with Crippen molar-refractivity contribution in [2.75, 3.05) is 7.11 Å². The van der Waals surface area contributed by atoms with E-state index in [1.807, 2.05) is 42.6 Å². The van der Waals surface area contributed by atoms with Gasteiger partial charge in [-0.25, -0.2) is 4.98 Å². The van der Waals surface area contributed by atoms with Crippen LogP contribution in [-0.4, -0.2) is 22.4 Å². The van der Waals surface area contributed by atoms with Crippen molar-refractivity contribution in [3.63, 3.8) is 0 Å². The zero-order valence-electron chi connectivity index (χ0n) is 16.7. The number of pyridine rings is 1. The van der Waals surface area contributed by atoms with Gasteiger partial charge >= 0.3 is 0 Å². The van der Waals surface area contributed by atoms with Crippen molar-refractivity contribution < 1.29 is 9.53 Å². The fraction of sp³-hybridized carbons (Fsp3) is 0.364. The standard InChI is InChI=1S/C22H27N3O2/c1-6-15(7-2)16-10-14(4)22-24-19(20(21(23)26)25(22)12-16)18-9-8-17(27-5)11-13(18)3/h8-12,15H,6-7H2,1-5H3,(H2,23,26). The number of nitrogens with two attached hydrogens (primary N) is 1. The Labute approximate surface area is 160 Å².